The summed E-state index contributed by atoms with van der Waals surface area (Å²) in [5.41, 5.74) is -0.636. The number of hydrogen-bond acceptors (Lipinski definition) is 4. The predicted octanol–water partition coefficient (Wildman–Crippen LogP) is 2.90. The Kier molecular flexibility index (Phi) is 7.52. The van der Waals surface area contributed by atoms with Gasteiger partial charge in [-0.25, -0.2) is 0 Å². The lowest BCUT2D eigenvalue weighted by Gasteiger charge is -2.32. The Bertz CT molecular complexity index is 295. The summed E-state index contributed by atoms with van der Waals surface area (Å²) in [7, 11) is 1.44. The molecule has 1 aliphatic rings. The maximum absolute atomic E-state index is 11.9. The molecule has 0 radical (unpaired) electrons. The van der Waals surface area contributed by atoms with E-state index in [-0.39, 0.29) is 5.97 Å². The van der Waals surface area contributed by atoms with Crippen LogP contribution in [0.5, 0.6) is 0 Å². The molecule has 3 unspecified atom stereocenters. The summed E-state index contributed by atoms with van der Waals surface area (Å²) in [4.78, 5) is 11.9. The Balaban J connectivity index is 2.43. The van der Waals surface area contributed by atoms with Crippen LogP contribution in [0.25, 0.3) is 0 Å². The van der Waals surface area contributed by atoms with Gasteiger partial charge in [-0.15, -0.1) is 0 Å². The van der Waals surface area contributed by atoms with Crippen LogP contribution in [0, 0.1) is 5.92 Å². The van der Waals surface area contributed by atoms with Crippen LogP contribution in [-0.4, -0.2) is 37.9 Å². The molecule has 1 aliphatic carbocycles. The van der Waals surface area contributed by atoms with Gasteiger partial charge >= 0.3 is 5.97 Å². The quantitative estimate of drug-likeness (QED) is 0.697. The van der Waals surface area contributed by atoms with E-state index in [2.05, 4.69) is 19.2 Å². The summed E-state index contributed by atoms with van der Waals surface area (Å²) < 4.78 is 10.9. The minimum atomic E-state index is -0.636. The normalized spacial score (nSPS) is 26.0. The van der Waals surface area contributed by atoms with E-state index in [1.807, 2.05) is 6.92 Å². The lowest BCUT2D eigenvalue weighted by Crippen LogP contribution is -2.51. The molecule has 0 bridgehead atoms. The van der Waals surface area contributed by atoms with Gasteiger partial charge in [0.1, 0.15) is 5.54 Å². The molecule has 4 heteroatoms. The molecule has 0 amide bonds. The van der Waals surface area contributed by atoms with Crippen LogP contribution in [0.4, 0.5) is 0 Å². The van der Waals surface area contributed by atoms with E-state index in [0.29, 0.717) is 25.0 Å². The number of methoxy groups -OCH3 is 1. The molecule has 20 heavy (non-hydrogen) atoms. The number of ether oxygens (including phenoxy) is 2. The summed E-state index contributed by atoms with van der Waals surface area (Å²) in [5.74, 6) is 0.433. The lowest BCUT2D eigenvalue weighted by atomic mass is 9.88. The maximum atomic E-state index is 11.9. The predicted molar refractivity (Wildman–Crippen MR) is 80.7 cm³/mol. The van der Waals surface area contributed by atoms with Crippen molar-refractivity contribution in [3.63, 3.8) is 0 Å². The van der Waals surface area contributed by atoms with Gasteiger partial charge in [-0.3, -0.25) is 4.79 Å². The number of carbonyl (C=O) groups is 1. The zero-order chi connectivity index (χ0) is 15.0. The fourth-order valence-electron chi connectivity index (χ4n) is 2.83. The molecule has 0 aromatic rings. The third-order valence-corrected chi connectivity index (χ3v) is 4.37. The largest absolute Gasteiger partial charge is 0.468 e. The van der Waals surface area contributed by atoms with Crippen molar-refractivity contribution in [3.05, 3.63) is 0 Å². The Morgan fingerprint density at radius 2 is 2.05 bits per heavy atom. The SMILES string of the molecule is CCCNC(C)(CCOC1CCCCC1C)C(=O)OC. The van der Waals surface area contributed by atoms with Crippen molar-refractivity contribution >= 4 is 5.97 Å². The van der Waals surface area contributed by atoms with E-state index in [1.54, 1.807) is 0 Å². The van der Waals surface area contributed by atoms with E-state index in [1.165, 1.54) is 26.4 Å². The summed E-state index contributed by atoms with van der Waals surface area (Å²) in [6.45, 7) is 7.68. The highest BCUT2D eigenvalue weighted by Crippen LogP contribution is 2.26. The van der Waals surface area contributed by atoms with Crippen LogP contribution >= 0.6 is 0 Å². The van der Waals surface area contributed by atoms with Gasteiger partial charge in [-0.1, -0.05) is 26.7 Å². The van der Waals surface area contributed by atoms with Crippen molar-refractivity contribution in [1.29, 1.82) is 0 Å². The first-order valence-electron chi connectivity index (χ1n) is 7.98. The zero-order valence-electron chi connectivity index (χ0n) is 13.5. The van der Waals surface area contributed by atoms with E-state index < -0.39 is 5.54 Å². The summed E-state index contributed by atoms with van der Waals surface area (Å²) >= 11 is 0. The average molecular weight is 285 g/mol. The maximum Gasteiger partial charge on any atom is 0.325 e. The molecule has 0 saturated heterocycles. The molecular weight excluding hydrogens is 254 g/mol. The first-order valence-corrected chi connectivity index (χ1v) is 7.98. The van der Waals surface area contributed by atoms with Gasteiger partial charge in [0, 0.05) is 6.61 Å². The molecule has 0 spiro atoms. The van der Waals surface area contributed by atoms with Gasteiger partial charge in [0.25, 0.3) is 0 Å². The van der Waals surface area contributed by atoms with Crippen molar-refractivity contribution in [2.75, 3.05) is 20.3 Å². The highest BCUT2D eigenvalue weighted by Gasteiger charge is 2.34. The van der Waals surface area contributed by atoms with Gasteiger partial charge in [0.05, 0.1) is 13.2 Å². The third-order valence-electron chi connectivity index (χ3n) is 4.37. The monoisotopic (exact) mass is 285 g/mol. The second-order valence-corrected chi connectivity index (χ2v) is 6.17. The van der Waals surface area contributed by atoms with Gasteiger partial charge in [-0.2, -0.15) is 0 Å². The molecule has 0 aliphatic heterocycles. The summed E-state index contributed by atoms with van der Waals surface area (Å²) in [6.07, 6.45) is 6.99. The zero-order valence-corrected chi connectivity index (χ0v) is 13.5. The molecule has 4 nitrogen and oxygen atoms in total. The number of hydrogen-bond donors (Lipinski definition) is 1. The van der Waals surface area contributed by atoms with Gasteiger partial charge < -0.3 is 14.8 Å². The van der Waals surface area contributed by atoms with Crippen LogP contribution in [0.1, 0.15) is 59.3 Å². The molecule has 1 saturated carbocycles. The Labute approximate surface area is 123 Å². The molecule has 3 atom stereocenters. The molecule has 0 aromatic carbocycles. The molecule has 0 heterocycles. The van der Waals surface area contributed by atoms with Crippen molar-refractivity contribution in [3.8, 4) is 0 Å². The molecule has 0 aromatic heterocycles. The molecule has 118 valence electrons. The highest BCUT2D eigenvalue weighted by atomic mass is 16.5. The molecule has 1 rings (SSSR count). The first-order chi connectivity index (χ1) is 9.53. The van der Waals surface area contributed by atoms with E-state index >= 15 is 0 Å². The number of nitrogens with one attached hydrogen (secondary N) is 1. The van der Waals surface area contributed by atoms with Crippen LogP contribution in [0.3, 0.4) is 0 Å². The second kappa shape index (κ2) is 8.63. The summed E-state index contributed by atoms with van der Waals surface area (Å²) in [5, 5.41) is 3.29. The van der Waals surface area contributed by atoms with Crippen molar-refractivity contribution in [2.24, 2.45) is 5.92 Å². The van der Waals surface area contributed by atoms with Crippen LogP contribution < -0.4 is 5.32 Å². The fraction of sp³-hybridized carbons (Fsp3) is 0.938. The Morgan fingerprint density at radius 3 is 2.65 bits per heavy atom. The average Bonchev–Trinajstić information content (AvgIpc) is 2.46. The van der Waals surface area contributed by atoms with Crippen molar-refractivity contribution < 1.29 is 14.3 Å². The summed E-state index contributed by atoms with van der Waals surface area (Å²) in [6, 6.07) is 0. The standard InChI is InChI=1S/C16H31NO3/c1-5-11-17-16(3,15(18)19-4)10-12-20-14-9-7-6-8-13(14)2/h13-14,17H,5-12H2,1-4H3. The minimum Gasteiger partial charge on any atom is -0.468 e. The third kappa shape index (κ3) is 5.06. The highest BCUT2D eigenvalue weighted by molar-refractivity contribution is 5.80. The van der Waals surface area contributed by atoms with Crippen LogP contribution in [0.2, 0.25) is 0 Å². The van der Waals surface area contributed by atoms with Gasteiger partial charge in [0.2, 0.25) is 0 Å². The smallest absolute Gasteiger partial charge is 0.325 e. The number of esters is 1. The van der Waals surface area contributed by atoms with Crippen molar-refractivity contribution in [1.82, 2.24) is 5.32 Å². The van der Waals surface area contributed by atoms with Crippen molar-refractivity contribution in [2.45, 2.75) is 70.9 Å². The second-order valence-electron chi connectivity index (χ2n) is 6.17. The van der Waals surface area contributed by atoms with E-state index in [4.69, 9.17) is 9.47 Å². The first kappa shape index (κ1) is 17.4. The molecular formula is C16H31NO3. The topological polar surface area (TPSA) is 47.6 Å². The van der Waals surface area contributed by atoms with Crippen LogP contribution in [-0.2, 0) is 14.3 Å². The van der Waals surface area contributed by atoms with Gasteiger partial charge in [-0.05, 0) is 45.1 Å². The number of carbonyl (C=O) groups excluding carboxylic acids is 1. The molecule has 1 N–H and O–H groups in total. The minimum absolute atomic E-state index is 0.203. The van der Waals surface area contributed by atoms with Crippen LogP contribution in [0.15, 0.2) is 0 Å². The lowest BCUT2D eigenvalue weighted by molar-refractivity contribution is -0.149. The van der Waals surface area contributed by atoms with E-state index in [0.717, 1.165) is 19.4 Å². The van der Waals surface area contributed by atoms with E-state index in [9.17, 15) is 4.79 Å². The Hall–Kier alpha value is -0.610. The fourth-order valence-corrected chi connectivity index (χ4v) is 2.83. The van der Waals surface area contributed by atoms with Gasteiger partial charge in [0.15, 0.2) is 0 Å². The molecule has 1 fully saturated rings. The Morgan fingerprint density at radius 1 is 1.35 bits per heavy atom. The number of rotatable bonds is 8.